The first-order chi connectivity index (χ1) is 10.2. The molecule has 0 aliphatic carbocycles. The van der Waals surface area contributed by atoms with Crippen molar-refractivity contribution in [2.24, 2.45) is 0 Å². The van der Waals surface area contributed by atoms with E-state index in [1.165, 1.54) is 51.4 Å². The molecule has 0 unspecified atom stereocenters. The van der Waals surface area contributed by atoms with Gasteiger partial charge in [-0.25, -0.2) is 8.42 Å². The van der Waals surface area contributed by atoms with Crippen LogP contribution in [0.1, 0.15) is 79.1 Å². The number of hydrogen-bond donors (Lipinski definition) is 0. The van der Waals surface area contributed by atoms with Gasteiger partial charge in [0.25, 0.3) is 10.5 Å². The number of unbranched alkanes of at least 4 members (excludes halogenated alkanes) is 4. The molecular formula is C16H36FO3PS. The maximum Gasteiger partial charge on any atom is 0.255 e. The van der Waals surface area contributed by atoms with Crippen LogP contribution in [0.3, 0.4) is 0 Å². The van der Waals surface area contributed by atoms with Crippen LogP contribution in [0.4, 0.5) is 3.89 Å². The summed E-state index contributed by atoms with van der Waals surface area (Å²) in [6.07, 6.45) is 17.9. The predicted molar refractivity (Wildman–Crippen MR) is 96.8 cm³/mol. The molecule has 0 amide bonds. The summed E-state index contributed by atoms with van der Waals surface area (Å²) in [6, 6.07) is 0. The zero-order chi connectivity index (χ0) is 17.5. The van der Waals surface area contributed by atoms with Crippen molar-refractivity contribution in [2.45, 2.75) is 79.1 Å². The standard InChI is InChI=1S/C16H36P.FHO3S/c1-5-9-13-17(14-10-6-2,15-11-7-3)16-12-8-4;1-5(2,3)4/h5-16H2,1-4H3;(H,2,3,4)/q+1;/p-1. The highest BCUT2D eigenvalue weighted by molar-refractivity contribution is 7.80. The molecule has 3 nitrogen and oxygen atoms in total. The summed E-state index contributed by atoms with van der Waals surface area (Å²) < 4.78 is 35.3. The van der Waals surface area contributed by atoms with Crippen molar-refractivity contribution in [3.05, 3.63) is 0 Å². The van der Waals surface area contributed by atoms with Gasteiger partial charge in [-0.3, -0.25) is 0 Å². The van der Waals surface area contributed by atoms with E-state index >= 15 is 0 Å². The third-order valence-corrected chi connectivity index (χ3v) is 9.00. The molecule has 0 rings (SSSR count). The second-order valence-corrected chi connectivity index (χ2v) is 11.3. The van der Waals surface area contributed by atoms with E-state index in [1.54, 1.807) is 24.6 Å². The van der Waals surface area contributed by atoms with Gasteiger partial charge in [-0.1, -0.05) is 53.4 Å². The molecule has 0 heterocycles. The summed E-state index contributed by atoms with van der Waals surface area (Å²) in [5.74, 6) is 0. The Hall–Kier alpha value is 0.270. The van der Waals surface area contributed by atoms with Gasteiger partial charge in [0, 0.05) is 7.26 Å². The first kappa shape index (κ1) is 24.5. The van der Waals surface area contributed by atoms with Crippen LogP contribution in [0, 0.1) is 0 Å². The third kappa shape index (κ3) is 18.3. The normalized spacial score (nSPS) is 11.9. The highest BCUT2D eigenvalue weighted by Gasteiger charge is 2.34. The highest BCUT2D eigenvalue weighted by Crippen LogP contribution is 2.61. The molecule has 0 aromatic heterocycles. The molecule has 0 aliphatic rings. The Labute approximate surface area is 138 Å². The Kier molecular flexibility index (Phi) is 16.5. The maximum absolute atomic E-state index is 10.1. The largest absolute Gasteiger partial charge is 0.722 e. The fourth-order valence-electron chi connectivity index (χ4n) is 2.64. The third-order valence-electron chi connectivity index (χ3n) is 3.94. The fraction of sp³-hybridized carbons (Fsp3) is 1.00. The van der Waals surface area contributed by atoms with Gasteiger partial charge in [0.1, 0.15) is 0 Å². The summed E-state index contributed by atoms with van der Waals surface area (Å²) in [5.41, 5.74) is 0. The quantitative estimate of drug-likeness (QED) is 0.258. The molecule has 0 saturated carbocycles. The minimum Gasteiger partial charge on any atom is -0.722 e. The van der Waals surface area contributed by atoms with Crippen LogP contribution in [0.25, 0.3) is 0 Å². The van der Waals surface area contributed by atoms with Gasteiger partial charge in [-0.15, -0.1) is 3.89 Å². The number of halogens is 1. The summed E-state index contributed by atoms with van der Waals surface area (Å²) in [7, 11) is -5.98. The van der Waals surface area contributed by atoms with Crippen molar-refractivity contribution in [1.82, 2.24) is 0 Å². The van der Waals surface area contributed by atoms with Gasteiger partial charge < -0.3 is 4.55 Å². The summed E-state index contributed by atoms with van der Waals surface area (Å²) in [5, 5.41) is 0. The van der Waals surface area contributed by atoms with Gasteiger partial charge in [-0.2, -0.15) is 0 Å². The van der Waals surface area contributed by atoms with E-state index < -0.39 is 17.8 Å². The van der Waals surface area contributed by atoms with Gasteiger partial charge in [0.05, 0.1) is 24.6 Å². The lowest BCUT2D eigenvalue weighted by molar-refractivity contribution is 0.417. The fourth-order valence-corrected chi connectivity index (χ4v) is 7.93. The Balaban J connectivity index is 0. The minimum atomic E-state index is -5.42. The molecular weight excluding hydrogens is 322 g/mol. The lowest BCUT2D eigenvalue weighted by atomic mass is 10.4. The Morgan fingerprint density at radius 2 is 0.909 bits per heavy atom. The van der Waals surface area contributed by atoms with E-state index in [9.17, 15) is 3.89 Å². The van der Waals surface area contributed by atoms with Crippen LogP contribution in [0.2, 0.25) is 0 Å². The highest BCUT2D eigenvalue weighted by atomic mass is 32.3. The molecule has 0 atom stereocenters. The SMILES string of the molecule is CCCC[P+](CCCC)(CCCC)CCCC.O=S(=O)([O-])F. The van der Waals surface area contributed by atoms with Gasteiger partial charge in [-0.05, 0) is 25.7 Å². The van der Waals surface area contributed by atoms with Crippen molar-refractivity contribution in [2.75, 3.05) is 24.6 Å². The van der Waals surface area contributed by atoms with Crippen molar-refractivity contribution < 1.29 is 16.9 Å². The first-order valence-electron chi connectivity index (χ1n) is 8.75. The van der Waals surface area contributed by atoms with E-state index in [2.05, 4.69) is 27.7 Å². The molecule has 136 valence electrons. The van der Waals surface area contributed by atoms with E-state index in [-0.39, 0.29) is 0 Å². The lowest BCUT2D eigenvalue weighted by Crippen LogP contribution is -2.12. The van der Waals surface area contributed by atoms with Crippen LogP contribution in [-0.4, -0.2) is 37.6 Å². The zero-order valence-corrected chi connectivity index (χ0v) is 16.7. The van der Waals surface area contributed by atoms with Crippen LogP contribution in [0.5, 0.6) is 0 Å². The predicted octanol–water partition coefficient (Wildman–Crippen LogP) is 5.62. The Bertz CT molecular complexity index is 289. The van der Waals surface area contributed by atoms with Crippen LogP contribution < -0.4 is 0 Å². The molecule has 0 spiro atoms. The molecule has 0 aromatic carbocycles. The van der Waals surface area contributed by atoms with Crippen molar-refractivity contribution in [3.63, 3.8) is 0 Å². The Morgan fingerprint density at radius 3 is 1.05 bits per heavy atom. The molecule has 0 saturated heterocycles. The van der Waals surface area contributed by atoms with Gasteiger partial charge >= 0.3 is 0 Å². The monoisotopic (exact) mass is 358 g/mol. The van der Waals surface area contributed by atoms with E-state index in [4.69, 9.17) is 13.0 Å². The molecule has 0 radical (unpaired) electrons. The molecule has 0 bridgehead atoms. The average Bonchev–Trinajstić information content (AvgIpc) is 2.44. The average molecular weight is 358 g/mol. The molecule has 0 aliphatic heterocycles. The van der Waals surface area contributed by atoms with E-state index in [1.807, 2.05) is 0 Å². The smallest absolute Gasteiger partial charge is 0.255 e. The van der Waals surface area contributed by atoms with Crippen molar-refractivity contribution >= 4 is 17.8 Å². The van der Waals surface area contributed by atoms with Gasteiger partial charge in [0.2, 0.25) is 0 Å². The molecule has 6 heteroatoms. The van der Waals surface area contributed by atoms with Crippen molar-refractivity contribution in [3.8, 4) is 0 Å². The van der Waals surface area contributed by atoms with E-state index in [0.29, 0.717) is 0 Å². The van der Waals surface area contributed by atoms with Crippen LogP contribution in [0.15, 0.2) is 0 Å². The summed E-state index contributed by atoms with van der Waals surface area (Å²) >= 11 is 0. The Morgan fingerprint density at radius 1 is 0.727 bits per heavy atom. The molecule has 0 fully saturated rings. The lowest BCUT2D eigenvalue weighted by Gasteiger charge is -2.28. The maximum atomic E-state index is 10.1. The second kappa shape index (κ2) is 14.8. The molecule has 22 heavy (non-hydrogen) atoms. The van der Waals surface area contributed by atoms with E-state index in [0.717, 1.165) is 0 Å². The van der Waals surface area contributed by atoms with Crippen LogP contribution in [-0.2, 0) is 10.5 Å². The van der Waals surface area contributed by atoms with Gasteiger partial charge in [0.15, 0.2) is 0 Å². The van der Waals surface area contributed by atoms with Crippen molar-refractivity contribution in [1.29, 1.82) is 0 Å². The zero-order valence-electron chi connectivity index (χ0n) is 14.9. The summed E-state index contributed by atoms with van der Waals surface area (Å²) in [4.78, 5) is 0. The number of rotatable bonds is 12. The number of hydrogen-bond acceptors (Lipinski definition) is 3. The second-order valence-electron chi connectivity index (χ2n) is 6.04. The summed E-state index contributed by atoms with van der Waals surface area (Å²) in [6.45, 7) is 9.42. The minimum absolute atomic E-state index is 0.562. The topological polar surface area (TPSA) is 57.2 Å². The molecule has 0 aromatic rings. The molecule has 0 N–H and O–H groups in total. The van der Waals surface area contributed by atoms with Crippen LogP contribution >= 0.6 is 7.26 Å². The first-order valence-corrected chi connectivity index (χ1v) is 12.6.